The van der Waals surface area contributed by atoms with Gasteiger partial charge in [-0.2, -0.15) is 0 Å². The Morgan fingerprint density at radius 1 is 0.370 bits per heavy atom. The van der Waals surface area contributed by atoms with Crippen LogP contribution in [0.3, 0.4) is 0 Å². The molecule has 5 rings (SSSR count). The van der Waals surface area contributed by atoms with Crippen molar-refractivity contribution in [2.75, 3.05) is 134 Å². The van der Waals surface area contributed by atoms with Crippen LogP contribution < -0.4 is 14.0 Å². The summed E-state index contributed by atoms with van der Waals surface area (Å²) in [6.45, 7) is 36.5. The van der Waals surface area contributed by atoms with Gasteiger partial charge in [-0.05, 0) is 288 Å². The molecule has 2 atom stereocenters. The number of hydrogen-bond acceptors (Lipinski definition) is 4. The fraction of sp³-hybridized carbons (Fsp3) is 0.595. The van der Waals surface area contributed by atoms with E-state index in [0.29, 0.717) is 6.42 Å². The Hall–Kier alpha value is -3.86. The van der Waals surface area contributed by atoms with Gasteiger partial charge in [0.1, 0.15) is 14.7 Å². The third-order valence-corrected chi connectivity index (χ3v) is 34.6. The molecule has 0 aromatic heterocycles. The van der Waals surface area contributed by atoms with Crippen molar-refractivity contribution in [1.82, 2.24) is 32.7 Å². The molecular weight excluding hydrogens is 1210 g/mol. The number of anilines is 3. The largest absolute Gasteiger partial charge is 0.329 e. The lowest BCUT2D eigenvalue weighted by molar-refractivity contribution is 0.512. The summed E-state index contributed by atoms with van der Waals surface area (Å²) in [5.41, 5.74) is 15.7. The minimum Gasteiger partial charge on any atom is -0.329 e. The van der Waals surface area contributed by atoms with Crippen molar-refractivity contribution >= 4 is 46.8 Å². The standard InChI is InChI=1S/C74H128N14P4/c1-34-59-42-45-65(69(52-59)87(32)91(82(23)24,83(25)26)76-72(9,10)11)50-63-44-47-66(70(54-63)88(33)92(84(27)28,85(29)30)77-73(12,13)14)49-62-43-46-64(48-61-41-40-57(4)67(51-61)58(5)90(80(19)20,81(21)22)75-71(6,7)8)68(53-62)86(31)89(56(2)3,79(17)18)78-74(15,16)55-60-38-36-35-37-39-60/h35-47,51-54,56,58H,34,48-50,55H2,1-33H3. The molecule has 0 saturated heterocycles. The molecule has 92 heavy (non-hydrogen) atoms. The Morgan fingerprint density at radius 3 is 1.07 bits per heavy atom. The Bertz CT molecular complexity index is 3470. The average molecular weight is 1340 g/mol. The molecule has 514 valence electrons. The van der Waals surface area contributed by atoms with Crippen LogP contribution >= 0.6 is 29.7 Å². The molecule has 0 amide bonds. The molecule has 2 unspecified atom stereocenters. The Balaban J connectivity index is 1.88. The summed E-state index contributed by atoms with van der Waals surface area (Å²) in [6.07, 6.45) is 3.99. The molecule has 0 N–H and O–H groups in total. The minimum atomic E-state index is -2.55. The van der Waals surface area contributed by atoms with Gasteiger partial charge in [-0.1, -0.05) is 113 Å². The Kier molecular flexibility index (Phi) is 26.3. The van der Waals surface area contributed by atoms with Crippen LogP contribution in [0.2, 0.25) is 0 Å². The number of rotatable bonds is 26. The number of benzene rings is 5. The van der Waals surface area contributed by atoms with E-state index in [0.717, 1.165) is 25.7 Å². The van der Waals surface area contributed by atoms with Gasteiger partial charge in [-0.3, -0.25) is 33.0 Å². The van der Waals surface area contributed by atoms with Crippen LogP contribution in [0.25, 0.3) is 0 Å². The fourth-order valence-electron chi connectivity index (χ4n) is 13.9. The molecular formula is C74H128N14P4. The zero-order chi connectivity index (χ0) is 69.8. The molecule has 0 aliphatic heterocycles. The van der Waals surface area contributed by atoms with E-state index in [4.69, 9.17) is 19.0 Å². The second-order valence-corrected chi connectivity index (χ2v) is 45.5. The van der Waals surface area contributed by atoms with Crippen LogP contribution in [0, 0.1) is 6.92 Å². The Morgan fingerprint density at radius 2 is 0.717 bits per heavy atom. The summed E-state index contributed by atoms with van der Waals surface area (Å²) in [6, 6.07) is 39.9. The van der Waals surface area contributed by atoms with Crippen LogP contribution in [-0.4, -0.2) is 180 Å². The van der Waals surface area contributed by atoms with Crippen molar-refractivity contribution in [1.29, 1.82) is 0 Å². The lowest BCUT2D eigenvalue weighted by atomic mass is 9.94. The van der Waals surface area contributed by atoms with Gasteiger partial charge in [-0.25, -0.2) is 18.7 Å². The molecule has 0 spiro atoms. The number of hydrogen-bond donors (Lipinski definition) is 0. The molecule has 0 bridgehead atoms. The highest BCUT2D eigenvalue weighted by molar-refractivity contribution is 7.66. The molecule has 18 heteroatoms. The van der Waals surface area contributed by atoms with Crippen LogP contribution in [-0.2, 0) is 32.1 Å². The first-order chi connectivity index (χ1) is 42.3. The summed E-state index contributed by atoms with van der Waals surface area (Å²) in [4.78, 5) is 0. The maximum Gasteiger partial charge on any atom is 0.192 e. The number of aryl methyl sites for hydroxylation is 2. The second-order valence-electron chi connectivity index (χ2n) is 30.9. The molecule has 5 aromatic carbocycles. The minimum absolute atomic E-state index is 0.164. The monoisotopic (exact) mass is 1340 g/mol. The number of nitrogens with zero attached hydrogens (tertiary/aromatic N) is 14. The molecule has 0 aliphatic rings. The average Bonchev–Trinajstić information content (AvgIpc) is 0.779. The van der Waals surface area contributed by atoms with Crippen LogP contribution in [0.4, 0.5) is 17.1 Å². The zero-order valence-electron chi connectivity index (χ0n) is 64.1. The molecule has 5 aromatic rings. The van der Waals surface area contributed by atoms with Gasteiger partial charge in [-0.15, -0.1) is 0 Å². The van der Waals surface area contributed by atoms with Crippen molar-refractivity contribution < 1.29 is 0 Å². The van der Waals surface area contributed by atoms with E-state index in [2.05, 4.69) is 380 Å². The maximum absolute atomic E-state index is 6.17. The normalized spacial score (nSPS) is 14.3. The molecule has 14 nitrogen and oxygen atoms in total. The van der Waals surface area contributed by atoms with E-state index in [9.17, 15) is 0 Å². The molecule has 0 aliphatic carbocycles. The van der Waals surface area contributed by atoms with Crippen molar-refractivity contribution in [3.8, 4) is 0 Å². The summed E-state index contributed by atoms with van der Waals surface area (Å²) >= 11 is 0. The highest BCUT2D eigenvalue weighted by Crippen LogP contribution is 2.67. The van der Waals surface area contributed by atoms with E-state index >= 15 is 0 Å². The Labute approximate surface area is 564 Å². The van der Waals surface area contributed by atoms with Gasteiger partial charge in [0.25, 0.3) is 0 Å². The third kappa shape index (κ3) is 17.8. The SMILES string of the molecule is CCc1ccc(Cc2ccc(Cc3ccc(Cc4ccc(C)c(C(C)P(=NC(C)(C)C)(N(C)C)N(C)C)c4)c(N(C)P(=NC(C)(C)Cc4ccccc4)(C(C)C)N(C)C)c3)c(N(C)P(=NC(C)(C)C)(N(C)C)N(C)C)c2)c(N(C)P(=NC(C)(C)C)(N(C)C)N(C)C)c1. The van der Waals surface area contributed by atoms with Gasteiger partial charge in [0.2, 0.25) is 0 Å². The highest BCUT2D eigenvalue weighted by atomic mass is 31.2. The van der Waals surface area contributed by atoms with E-state index in [1.165, 1.54) is 72.7 Å². The van der Waals surface area contributed by atoms with Gasteiger partial charge in [0.15, 0.2) is 15.0 Å². The predicted octanol–water partition coefficient (Wildman–Crippen LogP) is 19.4. The summed E-state index contributed by atoms with van der Waals surface area (Å²) in [5, 5.41) is 0. The molecule has 0 saturated carbocycles. The summed E-state index contributed by atoms with van der Waals surface area (Å²) < 4.78 is 47.8. The summed E-state index contributed by atoms with van der Waals surface area (Å²) in [7, 11) is 28.2. The fourth-order valence-corrected chi connectivity index (χ4v) is 29.2. The lowest BCUT2D eigenvalue weighted by Crippen LogP contribution is -2.35. The van der Waals surface area contributed by atoms with Crippen LogP contribution in [0.15, 0.2) is 122 Å². The van der Waals surface area contributed by atoms with E-state index in [-0.39, 0.29) is 33.5 Å². The van der Waals surface area contributed by atoms with E-state index in [1.54, 1.807) is 0 Å². The zero-order valence-corrected chi connectivity index (χ0v) is 67.6. The van der Waals surface area contributed by atoms with Crippen molar-refractivity contribution in [3.05, 3.63) is 159 Å². The summed E-state index contributed by atoms with van der Waals surface area (Å²) in [5.74, 6) is 0. The molecule has 0 radical (unpaired) electrons. The van der Waals surface area contributed by atoms with Gasteiger partial charge < -0.3 is 14.0 Å². The first kappa shape index (κ1) is 78.8. The van der Waals surface area contributed by atoms with Crippen molar-refractivity contribution in [2.24, 2.45) is 19.0 Å². The van der Waals surface area contributed by atoms with Gasteiger partial charge >= 0.3 is 0 Å². The quantitative estimate of drug-likeness (QED) is 0.0499. The second kappa shape index (κ2) is 30.7. The highest BCUT2D eigenvalue weighted by Gasteiger charge is 2.40. The van der Waals surface area contributed by atoms with Crippen LogP contribution in [0.1, 0.15) is 165 Å². The van der Waals surface area contributed by atoms with E-state index < -0.39 is 29.7 Å². The van der Waals surface area contributed by atoms with Crippen LogP contribution in [0.5, 0.6) is 0 Å². The maximum atomic E-state index is 6.17. The van der Waals surface area contributed by atoms with Crippen molar-refractivity contribution in [2.45, 2.75) is 176 Å². The lowest BCUT2D eigenvalue weighted by Gasteiger charge is -2.46. The van der Waals surface area contributed by atoms with Crippen molar-refractivity contribution in [3.63, 3.8) is 0 Å². The smallest absolute Gasteiger partial charge is 0.192 e. The third-order valence-electron chi connectivity index (χ3n) is 17.5. The first-order valence-electron chi connectivity index (χ1n) is 33.3. The van der Waals surface area contributed by atoms with Gasteiger partial charge in [0.05, 0.1) is 22.2 Å². The molecule has 0 fully saturated rings. The topological polar surface area (TPSA) is 81.8 Å². The van der Waals surface area contributed by atoms with E-state index in [1.807, 2.05) is 0 Å². The molecule has 0 heterocycles. The first-order valence-corrected chi connectivity index (χ1v) is 39.9. The van der Waals surface area contributed by atoms with Gasteiger partial charge in [0, 0.05) is 49.5 Å². The predicted molar refractivity (Wildman–Crippen MR) is 414 cm³/mol.